The summed E-state index contributed by atoms with van der Waals surface area (Å²) in [7, 11) is 0. The minimum Gasteiger partial charge on any atom is -0.383 e. The highest BCUT2D eigenvalue weighted by molar-refractivity contribution is 7.10. The van der Waals surface area contributed by atoms with E-state index in [9.17, 15) is 9.90 Å². The van der Waals surface area contributed by atoms with Crippen LogP contribution in [-0.4, -0.2) is 40.5 Å². The van der Waals surface area contributed by atoms with Crippen LogP contribution in [0.5, 0.6) is 0 Å². The number of aliphatic hydroxyl groups is 1. The highest BCUT2D eigenvalue weighted by Crippen LogP contribution is 2.25. The Morgan fingerprint density at radius 3 is 2.80 bits per heavy atom. The van der Waals surface area contributed by atoms with E-state index in [4.69, 9.17) is 0 Å². The van der Waals surface area contributed by atoms with Crippen molar-refractivity contribution in [2.45, 2.75) is 38.8 Å². The second kappa shape index (κ2) is 7.95. The van der Waals surface area contributed by atoms with Crippen molar-refractivity contribution in [2.75, 3.05) is 19.6 Å². The molecule has 3 heterocycles. The number of amides is 1. The van der Waals surface area contributed by atoms with Gasteiger partial charge in [-0.15, -0.1) is 22.7 Å². The minimum atomic E-state index is -1.01. The van der Waals surface area contributed by atoms with Crippen LogP contribution in [0, 0.1) is 12.8 Å². The first kappa shape index (κ1) is 18.5. The quantitative estimate of drug-likeness (QED) is 0.810. The number of likely N-dealkylation sites (tertiary alicyclic amines) is 1. The molecule has 3 rings (SSSR count). The molecule has 1 saturated heterocycles. The van der Waals surface area contributed by atoms with Gasteiger partial charge in [0, 0.05) is 22.7 Å². The minimum absolute atomic E-state index is 0.0348. The Morgan fingerprint density at radius 1 is 1.44 bits per heavy atom. The number of aromatic nitrogens is 1. The summed E-state index contributed by atoms with van der Waals surface area (Å²) < 4.78 is 0. The van der Waals surface area contributed by atoms with E-state index in [1.165, 1.54) is 11.3 Å². The molecule has 136 valence electrons. The number of nitrogens with one attached hydrogen (secondary N) is 1. The lowest BCUT2D eigenvalue weighted by Gasteiger charge is -2.31. The van der Waals surface area contributed by atoms with Gasteiger partial charge in [-0.25, -0.2) is 4.98 Å². The highest BCUT2D eigenvalue weighted by Gasteiger charge is 2.29. The second-order valence-electron chi connectivity index (χ2n) is 6.88. The van der Waals surface area contributed by atoms with Gasteiger partial charge in [-0.3, -0.25) is 9.69 Å². The molecule has 1 amide bonds. The molecule has 5 nitrogen and oxygen atoms in total. The number of rotatable bonds is 6. The van der Waals surface area contributed by atoms with Crippen molar-refractivity contribution in [1.29, 1.82) is 0 Å². The number of hydrogen-bond donors (Lipinski definition) is 2. The standard InChI is InChI=1S/C18H25N3O2S2/c1-13-20-15(11-25-13)10-21-7-5-14(6-8-21)17(22)19-12-18(2,23)16-4-3-9-24-16/h3-4,9,11,14,23H,5-8,10,12H2,1-2H3,(H,19,22). The van der Waals surface area contributed by atoms with Crippen molar-refractivity contribution in [2.24, 2.45) is 5.92 Å². The lowest BCUT2D eigenvalue weighted by atomic mass is 9.95. The number of piperidine rings is 1. The first-order valence-corrected chi connectivity index (χ1v) is 10.4. The summed E-state index contributed by atoms with van der Waals surface area (Å²) >= 11 is 3.19. The number of hydrogen-bond acceptors (Lipinski definition) is 6. The third kappa shape index (κ3) is 4.88. The largest absolute Gasteiger partial charge is 0.383 e. The van der Waals surface area contributed by atoms with Crippen molar-refractivity contribution in [1.82, 2.24) is 15.2 Å². The second-order valence-corrected chi connectivity index (χ2v) is 8.89. The van der Waals surface area contributed by atoms with Crippen molar-refractivity contribution in [3.63, 3.8) is 0 Å². The number of thiophene rings is 1. The normalized spacial score (nSPS) is 18.8. The molecular formula is C18H25N3O2S2. The van der Waals surface area contributed by atoms with E-state index in [-0.39, 0.29) is 18.4 Å². The van der Waals surface area contributed by atoms with Crippen LogP contribution in [0.1, 0.15) is 35.3 Å². The Hall–Kier alpha value is -1.28. The first-order chi connectivity index (χ1) is 11.9. The molecule has 7 heteroatoms. The smallest absolute Gasteiger partial charge is 0.223 e. The Kier molecular flexibility index (Phi) is 5.89. The predicted octanol–water partition coefficient (Wildman–Crippen LogP) is 2.75. The summed E-state index contributed by atoms with van der Waals surface area (Å²) in [6, 6.07) is 3.81. The zero-order valence-electron chi connectivity index (χ0n) is 14.7. The van der Waals surface area contributed by atoms with Crippen molar-refractivity contribution in [3.05, 3.63) is 38.5 Å². The third-order valence-electron chi connectivity index (χ3n) is 4.67. The molecule has 1 aliphatic rings. The van der Waals surface area contributed by atoms with E-state index in [1.807, 2.05) is 24.4 Å². The number of nitrogens with zero attached hydrogens (tertiary/aromatic N) is 2. The van der Waals surface area contributed by atoms with Gasteiger partial charge in [-0.05, 0) is 51.2 Å². The average Bonchev–Trinajstić information content (AvgIpc) is 3.26. The Bertz CT molecular complexity index is 689. The number of aryl methyl sites for hydroxylation is 1. The van der Waals surface area contributed by atoms with Crippen LogP contribution in [0.15, 0.2) is 22.9 Å². The van der Waals surface area contributed by atoms with E-state index >= 15 is 0 Å². The van der Waals surface area contributed by atoms with Crippen LogP contribution in [0.3, 0.4) is 0 Å². The summed E-state index contributed by atoms with van der Waals surface area (Å²) in [5.74, 6) is 0.0912. The van der Waals surface area contributed by atoms with E-state index < -0.39 is 5.60 Å². The van der Waals surface area contributed by atoms with E-state index in [0.717, 1.165) is 48.1 Å². The molecule has 2 aromatic heterocycles. The first-order valence-electron chi connectivity index (χ1n) is 8.61. The van der Waals surface area contributed by atoms with E-state index in [1.54, 1.807) is 18.3 Å². The highest BCUT2D eigenvalue weighted by atomic mass is 32.1. The maximum absolute atomic E-state index is 12.4. The van der Waals surface area contributed by atoms with Gasteiger partial charge in [-0.1, -0.05) is 6.07 Å². The molecule has 1 atom stereocenters. The van der Waals surface area contributed by atoms with Crippen molar-refractivity contribution in [3.8, 4) is 0 Å². The maximum Gasteiger partial charge on any atom is 0.223 e. The Balaban J connectivity index is 1.44. The SMILES string of the molecule is Cc1nc(CN2CCC(C(=O)NCC(C)(O)c3cccs3)CC2)cs1. The number of carbonyl (C=O) groups excluding carboxylic acids is 1. The van der Waals surface area contributed by atoms with E-state index in [2.05, 4.69) is 20.6 Å². The summed E-state index contributed by atoms with van der Waals surface area (Å²) in [5.41, 5.74) is 0.116. The summed E-state index contributed by atoms with van der Waals surface area (Å²) in [4.78, 5) is 20.2. The summed E-state index contributed by atoms with van der Waals surface area (Å²) in [5, 5.41) is 18.6. The van der Waals surface area contributed by atoms with Crippen molar-refractivity contribution < 1.29 is 9.90 Å². The third-order valence-corrected chi connectivity index (χ3v) is 6.61. The predicted molar refractivity (Wildman–Crippen MR) is 102 cm³/mol. The maximum atomic E-state index is 12.4. The van der Waals surface area contributed by atoms with Gasteiger partial charge in [0.2, 0.25) is 5.91 Å². The zero-order chi connectivity index (χ0) is 17.9. The topological polar surface area (TPSA) is 65.5 Å². The Morgan fingerprint density at radius 2 is 2.20 bits per heavy atom. The van der Waals surface area contributed by atoms with Gasteiger partial charge in [0.1, 0.15) is 5.60 Å². The van der Waals surface area contributed by atoms with E-state index in [0.29, 0.717) is 0 Å². The summed E-state index contributed by atoms with van der Waals surface area (Å²) in [6.07, 6.45) is 1.71. The van der Waals surface area contributed by atoms with Gasteiger partial charge < -0.3 is 10.4 Å². The van der Waals surface area contributed by atoms with Crippen LogP contribution in [0.2, 0.25) is 0 Å². The van der Waals surface area contributed by atoms with Crippen LogP contribution >= 0.6 is 22.7 Å². The molecule has 0 bridgehead atoms. The van der Waals surface area contributed by atoms with Gasteiger partial charge in [0.05, 0.1) is 17.2 Å². The van der Waals surface area contributed by atoms with Crippen LogP contribution in [0.4, 0.5) is 0 Å². The molecule has 0 aliphatic carbocycles. The molecular weight excluding hydrogens is 354 g/mol. The summed E-state index contributed by atoms with van der Waals surface area (Å²) in [6.45, 7) is 6.72. The molecule has 1 aliphatic heterocycles. The number of thiazole rings is 1. The Labute approximate surface area is 156 Å². The lowest BCUT2D eigenvalue weighted by Crippen LogP contribution is -2.44. The zero-order valence-corrected chi connectivity index (χ0v) is 16.3. The molecule has 0 spiro atoms. The van der Waals surface area contributed by atoms with Gasteiger partial charge >= 0.3 is 0 Å². The molecule has 1 fully saturated rings. The van der Waals surface area contributed by atoms with Gasteiger partial charge in [0.25, 0.3) is 0 Å². The fourth-order valence-corrected chi connectivity index (χ4v) is 4.53. The van der Waals surface area contributed by atoms with Gasteiger partial charge in [-0.2, -0.15) is 0 Å². The fourth-order valence-electron chi connectivity index (χ4n) is 3.14. The molecule has 0 radical (unpaired) electrons. The molecule has 0 saturated carbocycles. The number of carbonyl (C=O) groups is 1. The lowest BCUT2D eigenvalue weighted by molar-refractivity contribution is -0.127. The van der Waals surface area contributed by atoms with Crippen LogP contribution in [-0.2, 0) is 16.9 Å². The van der Waals surface area contributed by atoms with Crippen molar-refractivity contribution >= 4 is 28.6 Å². The molecule has 2 aromatic rings. The average molecular weight is 380 g/mol. The fraction of sp³-hybridized carbons (Fsp3) is 0.556. The van der Waals surface area contributed by atoms with Crippen LogP contribution in [0.25, 0.3) is 0 Å². The molecule has 25 heavy (non-hydrogen) atoms. The molecule has 2 N–H and O–H groups in total. The molecule has 1 unspecified atom stereocenters. The van der Waals surface area contributed by atoms with Gasteiger partial charge in [0.15, 0.2) is 0 Å². The van der Waals surface area contributed by atoms with Crippen LogP contribution < -0.4 is 5.32 Å². The molecule has 0 aromatic carbocycles. The monoisotopic (exact) mass is 379 g/mol.